The molecule has 6 nitrogen and oxygen atoms in total. The molecule has 152 valence electrons. The van der Waals surface area contributed by atoms with Crippen molar-refractivity contribution in [1.29, 1.82) is 0 Å². The monoisotopic (exact) mass is 479 g/mol. The van der Waals surface area contributed by atoms with E-state index in [-0.39, 0.29) is 29.9 Å². The molecule has 2 atom stereocenters. The summed E-state index contributed by atoms with van der Waals surface area (Å²) in [6, 6.07) is 0. The summed E-state index contributed by atoms with van der Waals surface area (Å²) in [5.41, 5.74) is 5.37. The number of carbonyl (C=O) groups excluding carboxylic acids is 1. The summed E-state index contributed by atoms with van der Waals surface area (Å²) < 4.78 is 0. The molecule has 0 spiro atoms. The van der Waals surface area contributed by atoms with E-state index < -0.39 is 0 Å². The third-order valence-electron chi connectivity index (χ3n) is 5.30. The van der Waals surface area contributed by atoms with Crippen LogP contribution in [0.3, 0.4) is 0 Å². The van der Waals surface area contributed by atoms with Crippen molar-refractivity contribution in [2.24, 2.45) is 28.5 Å². The number of nitrogens with zero attached hydrogens (tertiary/aromatic N) is 3. The summed E-state index contributed by atoms with van der Waals surface area (Å²) in [5.74, 6) is 2.57. The molecule has 1 amide bonds. The number of aliphatic imine (C=N–C) groups is 1. The van der Waals surface area contributed by atoms with Crippen LogP contribution in [0.25, 0.3) is 0 Å². The molecule has 2 fully saturated rings. The maximum atomic E-state index is 11.2. The maximum Gasteiger partial charge on any atom is 0.217 e. The fourth-order valence-electron chi connectivity index (χ4n) is 4.28. The second kappa shape index (κ2) is 12.0. The molecule has 3 N–H and O–H groups in total. The number of halogens is 1. The van der Waals surface area contributed by atoms with Crippen molar-refractivity contribution in [3.8, 4) is 0 Å². The number of guanidine groups is 1. The first kappa shape index (κ1) is 23.5. The molecule has 2 saturated heterocycles. The van der Waals surface area contributed by atoms with E-state index in [9.17, 15) is 4.79 Å². The van der Waals surface area contributed by atoms with E-state index in [2.05, 4.69) is 34.0 Å². The van der Waals surface area contributed by atoms with Crippen molar-refractivity contribution in [2.45, 2.75) is 46.0 Å². The van der Waals surface area contributed by atoms with E-state index >= 15 is 0 Å². The summed E-state index contributed by atoms with van der Waals surface area (Å²) in [4.78, 5) is 20.6. The summed E-state index contributed by atoms with van der Waals surface area (Å²) in [6.07, 6.45) is 5.26. The Morgan fingerprint density at radius 3 is 2.54 bits per heavy atom. The number of rotatable bonds is 6. The molecule has 2 aliphatic rings. The van der Waals surface area contributed by atoms with E-state index in [1.807, 2.05) is 7.05 Å². The quantitative estimate of drug-likeness (QED) is 0.348. The minimum Gasteiger partial charge on any atom is -0.370 e. The summed E-state index contributed by atoms with van der Waals surface area (Å²) in [6.45, 7) is 11.1. The molecule has 2 aliphatic heterocycles. The van der Waals surface area contributed by atoms with Crippen LogP contribution in [-0.2, 0) is 4.79 Å². The first-order valence-corrected chi connectivity index (χ1v) is 9.94. The summed E-state index contributed by atoms with van der Waals surface area (Å²) in [7, 11) is 1.85. The van der Waals surface area contributed by atoms with Crippen molar-refractivity contribution in [3.63, 3.8) is 0 Å². The van der Waals surface area contributed by atoms with Crippen LogP contribution >= 0.6 is 24.0 Å². The second-order valence-electron chi connectivity index (χ2n) is 8.21. The van der Waals surface area contributed by atoms with Crippen LogP contribution in [0.1, 0.15) is 46.0 Å². The van der Waals surface area contributed by atoms with E-state index in [4.69, 9.17) is 5.73 Å². The van der Waals surface area contributed by atoms with Crippen LogP contribution in [0, 0.1) is 17.8 Å². The van der Waals surface area contributed by atoms with Gasteiger partial charge in [0.25, 0.3) is 0 Å². The van der Waals surface area contributed by atoms with Crippen LogP contribution in [0.5, 0.6) is 0 Å². The Balaban J connectivity index is 0.00000338. The first-order chi connectivity index (χ1) is 12.0. The summed E-state index contributed by atoms with van der Waals surface area (Å²) >= 11 is 0. The van der Waals surface area contributed by atoms with E-state index in [0.717, 1.165) is 44.4 Å². The fraction of sp³-hybridized carbons (Fsp3) is 0.895. The lowest BCUT2D eigenvalue weighted by molar-refractivity contribution is -0.119. The minimum atomic E-state index is -0.192. The van der Waals surface area contributed by atoms with Gasteiger partial charge < -0.3 is 20.9 Å². The zero-order chi connectivity index (χ0) is 18.2. The van der Waals surface area contributed by atoms with E-state index in [1.54, 1.807) is 0 Å². The Morgan fingerprint density at radius 2 is 1.88 bits per heavy atom. The molecule has 2 rings (SSSR count). The normalized spacial score (nSPS) is 25.1. The highest BCUT2D eigenvalue weighted by Gasteiger charge is 2.25. The number of primary amides is 1. The van der Waals surface area contributed by atoms with Crippen molar-refractivity contribution in [2.75, 3.05) is 46.3 Å². The minimum absolute atomic E-state index is 0. The Kier molecular flexibility index (Phi) is 10.8. The lowest BCUT2D eigenvalue weighted by atomic mass is 9.94. The van der Waals surface area contributed by atoms with Gasteiger partial charge in [-0.05, 0) is 50.0 Å². The highest BCUT2D eigenvalue weighted by molar-refractivity contribution is 14.0. The summed E-state index contributed by atoms with van der Waals surface area (Å²) in [5, 5.41) is 3.59. The molecule has 0 aliphatic carbocycles. The van der Waals surface area contributed by atoms with Gasteiger partial charge in [0.15, 0.2) is 5.96 Å². The Labute approximate surface area is 176 Å². The molecular weight excluding hydrogens is 441 g/mol. The highest BCUT2D eigenvalue weighted by atomic mass is 127. The smallest absolute Gasteiger partial charge is 0.217 e. The highest BCUT2D eigenvalue weighted by Crippen LogP contribution is 2.20. The zero-order valence-electron chi connectivity index (χ0n) is 16.7. The van der Waals surface area contributed by atoms with Crippen LogP contribution in [0.4, 0.5) is 0 Å². The molecule has 0 radical (unpaired) electrons. The van der Waals surface area contributed by atoms with Crippen molar-refractivity contribution in [3.05, 3.63) is 0 Å². The van der Waals surface area contributed by atoms with Crippen LogP contribution < -0.4 is 11.1 Å². The van der Waals surface area contributed by atoms with Gasteiger partial charge >= 0.3 is 0 Å². The van der Waals surface area contributed by atoms with Gasteiger partial charge in [-0.2, -0.15) is 0 Å². The molecule has 2 heterocycles. The molecule has 0 aromatic rings. The number of carbonyl (C=O) groups is 1. The standard InChI is InChI=1S/C19H37N5O.HI/c1-15(2)12-23-8-4-7-17(13-23)11-22-19(21-3)24-9-5-6-16(14-24)10-18(20)25;/h15-17H,4-14H2,1-3H3,(H2,20,25)(H,21,22);1H. The molecule has 0 saturated carbocycles. The number of hydrogen-bond acceptors (Lipinski definition) is 3. The van der Waals surface area contributed by atoms with Crippen molar-refractivity contribution in [1.82, 2.24) is 15.1 Å². The fourth-order valence-corrected chi connectivity index (χ4v) is 4.28. The van der Waals surface area contributed by atoms with E-state index in [0.29, 0.717) is 18.3 Å². The second-order valence-corrected chi connectivity index (χ2v) is 8.21. The average molecular weight is 479 g/mol. The SMILES string of the molecule is CN=C(NCC1CCCN(CC(C)C)C1)N1CCCC(CC(N)=O)C1.I. The molecule has 7 heteroatoms. The number of likely N-dealkylation sites (tertiary alicyclic amines) is 2. The van der Waals surface area contributed by atoms with Crippen molar-refractivity contribution >= 4 is 35.8 Å². The average Bonchev–Trinajstić information content (AvgIpc) is 2.55. The van der Waals surface area contributed by atoms with Crippen LogP contribution in [0.2, 0.25) is 0 Å². The third kappa shape index (κ3) is 7.98. The first-order valence-electron chi connectivity index (χ1n) is 9.94. The molecule has 0 aromatic heterocycles. The lowest BCUT2D eigenvalue weighted by Gasteiger charge is -2.37. The number of nitrogens with one attached hydrogen (secondary N) is 1. The molecule has 2 unspecified atom stereocenters. The Morgan fingerprint density at radius 1 is 1.19 bits per heavy atom. The number of amides is 1. The third-order valence-corrected chi connectivity index (χ3v) is 5.30. The van der Waals surface area contributed by atoms with Gasteiger partial charge in [-0.15, -0.1) is 24.0 Å². The van der Waals surface area contributed by atoms with Gasteiger partial charge in [-0.25, -0.2) is 0 Å². The van der Waals surface area contributed by atoms with Gasteiger partial charge in [0, 0.05) is 46.2 Å². The Hall–Kier alpha value is -0.570. The largest absolute Gasteiger partial charge is 0.370 e. The predicted molar refractivity (Wildman–Crippen MR) is 119 cm³/mol. The predicted octanol–water partition coefficient (Wildman–Crippen LogP) is 2.14. The molecule has 0 bridgehead atoms. The molecule has 26 heavy (non-hydrogen) atoms. The van der Waals surface area contributed by atoms with Gasteiger partial charge in [-0.1, -0.05) is 13.8 Å². The van der Waals surface area contributed by atoms with Crippen LogP contribution in [0.15, 0.2) is 4.99 Å². The molecule has 0 aromatic carbocycles. The van der Waals surface area contributed by atoms with Crippen molar-refractivity contribution < 1.29 is 4.79 Å². The zero-order valence-corrected chi connectivity index (χ0v) is 19.1. The van der Waals surface area contributed by atoms with E-state index in [1.165, 1.54) is 32.5 Å². The van der Waals surface area contributed by atoms with Gasteiger partial charge in [0.05, 0.1) is 0 Å². The Bertz CT molecular complexity index is 457. The number of hydrogen-bond donors (Lipinski definition) is 2. The van der Waals surface area contributed by atoms with Crippen LogP contribution in [-0.4, -0.2) is 68.0 Å². The van der Waals surface area contributed by atoms with Gasteiger partial charge in [0.1, 0.15) is 0 Å². The number of piperidine rings is 2. The number of nitrogens with two attached hydrogens (primary N) is 1. The topological polar surface area (TPSA) is 74.0 Å². The van der Waals surface area contributed by atoms with Gasteiger partial charge in [-0.3, -0.25) is 9.79 Å². The lowest BCUT2D eigenvalue weighted by Crippen LogP contribution is -2.49. The van der Waals surface area contributed by atoms with Gasteiger partial charge in [0.2, 0.25) is 5.91 Å². The molecular formula is C19H38IN5O. The maximum absolute atomic E-state index is 11.2.